The molecule has 1 amide bonds. The van der Waals surface area contributed by atoms with E-state index in [1.807, 2.05) is 38.1 Å². The molecule has 2 unspecified atom stereocenters. The maximum Gasteiger partial charge on any atom is 0.260 e. The smallest absolute Gasteiger partial charge is 0.260 e. The molecule has 4 heteroatoms. The van der Waals surface area contributed by atoms with Gasteiger partial charge in [0.1, 0.15) is 5.75 Å². The maximum absolute atomic E-state index is 11.9. The van der Waals surface area contributed by atoms with Gasteiger partial charge in [0.05, 0.1) is 0 Å². The Bertz CT molecular complexity index is 420. The highest BCUT2D eigenvalue weighted by atomic mass is 16.5. The first-order valence-electron chi connectivity index (χ1n) is 7.14. The Morgan fingerprint density at radius 3 is 2.80 bits per heavy atom. The molecule has 0 saturated heterocycles. The van der Waals surface area contributed by atoms with Crippen molar-refractivity contribution in [3.05, 3.63) is 29.8 Å². The number of aliphatic hydroxyl groups excluding tert-OH is 1. The molecule has 0 bridgehead atoms. The Hall–Kier alpha value is -1.55. The number of ether oxygens (including phenoxy) is 1. The van der Waals surface area contributed by atoms with Crippen molar-refractivity contribution in [2.24, 2.45) is 5.92 Å². The second-order valence-electron chi connectivity index (χ2n) is 5.30. The summed E-state index contributed by atoms with van der Waals surface area (Å²) < 4.78 is 5.60. The number of benzene rings is 1. The van der Waals surface area contributed by atoms with Gasteiger partial charge in [0.2, 0.25) is 0 Å². The van der Waals surface area contributed by atoms with Gasteiger partial charge >= 0.3 is 0 Å². The third-order valence-electron chi connectivity index (χ3n) is 3.16. The van der Waals surface area contributed by atoms with Gasteiger partial charge in [-0.15, -0.1) is 0 Å². The molecule has 0 fully saturated rings. The van der Waals surface area contributed by atoms with Gasteiger partial charge in [0.25, 0.3) is 5.91 Å². The Morgan fingerprint density at radius 1 is 1.40 bits per heavy atom. The molecule has 1 aromatic rings. The molecule has 0 spiro atoms. The molecule has 0 aliphatic carbocycles. The van der Waals surface area contributed by atoms with Crippen LogP contribution in [0.1, 0.15) is 32.3 Å². The monoisotopic (exact) mass is 279 g/mol. The lowest BCUT2D eigenvalue weighted by molar-refractivity contribution is -0.127. The van der Waals surface area contributed by atoms with Crippen LogP contribution in [0.2, 0.25) is 0 Å². The van der Waals surface area contributed by atoms with Gasteiger partial charge in [-0.3, -0.25) is 4.79 Å². The molecule has 112 valence electrons. The van der Waals surface area contributed by atoms with E-state index >= 15 is 0 Å². The standard InChI is InChI=1S/C16H25NO3/c1-12-6-4-8-15(10-12)20-14(3)16(19)17-9-5-7-13(2)11-18/h4,6,8,10,13-14,18H,5,7,9,11H2,1-3H3,(H,17,19). The summed E-state index contributed by atoms with van der Waals surface area (Å²) in [6.45, 7) is 6.53. The van der Waals surface area contributed by atoms with E-state index in [2.05, 4.69) is 5.32 Å². The second kappa shape index (κ2) is 8.59. The average Bonchev–Trinajstić information content (AvgIpc) is 2.42. The van der Waals surface area contributed by atoms with Gasteiger partial charge in [0.15, 0.2) is 6.10 Å². The van der Waals surface area contributed by atoms with Gasteiger partial charge in [-0.25, -0.2) is 0 Å². The molecule has 0 heterocycles. The van der Waals surface area contributed by atoms with Crippen molar-refractivity contribution >= 4 is 5.91 Å². The number of rotatable bonds is 8. The predicted molar refractivity (Wildman–Crippen MR) is 79.8 cm³/mol. The van der Waals surface area contributed by atoms with Gasteiger partial charge in [-0.2, -0.15) is 0 Å². The van der Waals surface area contributed by atoms with E-state index in [4.69, 9.17) is 9.84 Å². The number of aliphatic hydroxyl groups is 1. The van der Waals surface area contributed by atoms with Crippen LogP contribution in [-0.4, -0.2) is 30.3 Å². The molecule has 0 radical (unpaired) electrons. The van der Waals surface area contributed by atoms with E-state index in [0.717, 1.165) is 18.4 Å². The zero-order valence-electron chi connectivity index (χ0n) is 12.6. The van der Waals surface area contributed by atoms with E-state index in [-0.39, 0.29) is 18.4 Å². The Morgan fingerprint density at radius 2 is 2.15 bits per heavy atom. The van der Waals surface area contributed by atoms with Crippen molar-refractivity contribution in [3.8, 4) is 5.75 Å². The van der Waals surface area contributed by atoms with Crippen molar-refractivity contribution in [1.82, 2.24) is 5.32 Å². The summed E-state index contributed by atoms with van der Waals surface area (Å²) in [5.41, 5.74) is 1.10. The number of carbonyl (C=O) groups is 1. The average molecular weight is 279 g/mol. The number of hydrogen-bond acceptors (Lipinski definition) is 3. The van der Waals surface area contributed by atoms with Crippen molar-refractivity contribution in [1.29, 1.82) is 0 Å². The third kappa shape index (κ3) is 6.06. The molecule has 0 aliphatic rings. The third-order valence-corrected chi connectivity index (χ3v) is 3.16. The first kappa shape index (κ1) is 16.5. The van der Waals surface area contributed by atoms with Gasteiger partial charge in [-0.1, -0.05) is 19.1 Å². The summed E-state index contributed by atoms with van der Waals surface area (Å²) in [4.78, 5) is 11.9. The van der Waals surface area contributed by atoms with E-state index in [9.17, 15) is 4.79 Å². The Balaban J connectivity index is 2.29. The molecular weight excluding hydrogens is 254 g/mol. The van der Waals surface area contributed by atoms with Gasteiger partial charge < -0.3 is 15.2 Å². The number of hydrogen-bond donors (Lipinski definition) is 2. The van der Waals surface area contributed by atoms with E-state index in [1.165, 1.54) is 0 Å². The van der Waals surface area contributed by atoms with Crippen molar-refractivity contribution in [2.45, 2.75) is 39.7 Å². The Labute approximate surface area is 121 Å². The predicted octanol–water partition coefficient (Wildman–Crippen LogP) is 2.29. The number of aryl methyl sites for hydroxylation is 1. The zero-order valence-corrected chi connectivity index (χ0v) is 12.6. The molecular formula is C16H25NO3. The van der Waals surface area contributed by atoms with Crippen molar-refractivity contribution < 1.29 is 14.6 Å². The van der Waals surface area contributed by atoms with Crippen molar-refractivity contribution in [2.75, 3.05) is 13.2 Å². The summed E-state index contributed by atoms with van der Waals surface area (Å²) in [6, 6.07) is 7.65. The topological polar surface area (TPSA) is 58.6 Å². The van der Waals surface area contributed by atoms with E-state index < -0.39 is 6.10 Å². The number of amides is 1. The first-order valence-corrected chi connectivity index (χ1v) is 7.14. The largest absolute Gasteiger partial charge is 0.481 e. The fourth-order valence-electron chi connectivity index (χ4n) is 1.84. The van der Waals surface area contributed by atoms with Crippen LogP contribution in [0.4, 0.5) is 0 Å². The molecule has 1 aromatic carbocycles. The lowest BCUT2D eigenvalue weighted by Crippen LogP contribution is -2.36. The normalized spacial score (nSPS) is 13.6. The summed E-state index contributed by atoms with van der Waals surface area (Å²) in [5, 5.41) is 11.8. The summed E-state index contributed by atoms with van der Waals surface area (Å²) in [6.07, 6.45) is 1.27. The summed E-state index contributed by atoms with van der Waals surface area (Å²) >= 11 is 0. The highest BCUT2D eigenvalue weighted by molar-refractivity contribution is 5.80. The van der Waals surface area contributed by atoms with Crippen LogP contribution in [0.5, 0.6) is 5.75 Å². The van der Waals surface area contributed by atoms with Crippen LogP contribution in [0, 0.1) is 12.8 Å². The molecule has 1 rings (SSSR count). The molecule has 4 nitrogen and oxygen atoms in total. The van der Waals surface area contributed by atoms with Crippen LogP contribution in [0.3, 0.4) is 0 Å². The Kier molecular flexibility index (Phi) is 7.09. The molecule has 0 aromatic heterocycles. The summed E-state index contributed by atoms with van der Waals surface area (Å²) in [7, 11) is 0. The van der Waals surface area contributed by atoms with E-state index in [1.54, 1.807) is 6.92 Å². The molecule has 20 heavy (non-hydrogen) atoms. The molecule has 0 saturated carbocycles. The van der Waals surface area contributed by atoms with Gasteiger partial charge in [0, 0.05) is 13.2 Å². The zero-order chi connectivity index (χ0) is 15.0. The lowest BCUT2D eigenvalue weighted by Gasteiger charge is -2.15. The van der Waals surface area contributed by atoms with Crippen LogP contribution in [0.15, 0.2) is 24.3 Å². The number of nitrogens with one attached hydrogen (secondary N) is 1. The fraction of sp³-hybridized carbons (Fsp3) is 0.562. The highest BCUT2D eigenvalue weighted by Crippen LogP contribution is 2.14. The minimum atomic E-state index is -0.507. The molecule has 0 aliphatic heterocycles. The quantitative estimate of drug-likeness (QED) is 0.718. The van der Waals surface area contributed by atoms with Crippen LogP contribution >= 0.6 is 0 Å². The van der Waals surface area contributed by atoms with Gasteiger partial charge in [-0.05, 0) is 50.3 Å². The fourth-order valence-corrected chi connectivity index (χ4v) is 1.84. The SMILES string of the molecule is Cc1cccc(OC(C)C(=O)NCCCC(C)CO)c1. The minimum Gasteiger partial charge on any atom is -0.481 e. The molecule has 2 atom stereocenters. The maximum atomic E-state index is 11.9. The van der Waals surface area contributed by atoms with Crippen LogP contribution in [-0.2, 0) is 4.79 Å². The number of carbonyl (C=O) groups excluding carboxylic acids is 1. The second-order valence-corrected chi connectivity index (χ2v) is 5.30. The minimum absolute atomic E-state index is 0.108. The lowest BCUT2D eigenvalue weighted by atomic mass is 10.1. The first-order chi connectivity index (χ1) is 9.52. The van der Waals surface area contributed by atoms with Crippen LogP contribution < -0.4 is 10.1 Å². The van der Waals surface area contributed by atoms with Crippen LogP contribution in [0.25, 0.3) is 0 Å². The molecule has 2 N–H and O–H groups in total. The van der Waals surface area contributed by atoms with Crippen molar-refractivity contribution in [3.63, 3.8) is 0 Å². The summed E-state index contributed by atoms with van der Waals surface area (Å²) in [5.74, 6) is 0.887. The van der Waals surface area contributed by atoms with E-state index in [0.29, 0.717) is 12.3 Å². The highest BCUT2D eigenvalue weighted by Gasteiger charge is 2.14.